The molecule has 0 saturated carbocycles. The van der Waals surface area contributed by atoms with Crippen molar-refractivity contribution in [2.24, 2.45) is 0 Å². The first-order valence-corrected chi connectivity index (χ1v) is 9.53. The Labute approximate surface area is 168 Å². The zero-order valence-corrected chi connectivity index (χ0v) is 17.6. The topological polar surface area (TPSA) is 68.8 Å². The van der Waals surface area contributed by atoms with Crippen LogP contribution in [0.4, 0.5) is 8.78 Å². The van der Waals surface area contributed by atoms with Gasteiger partial charge in [0, 0.05) is 42.7 Å². The Hall–Kier alpha value is -2.84. The Morgan fingerprint density at radius 2 is 1.79 bits per heavy atom. The van der Waals surface area contributed by atoms with Gasteiger partial charge in [-0.1, -0.05) is 0 Å². The molecule has 0 bridgehead atoms. The van der Waals surface area contributed by atoms with Gasteiger partial charge in [-0.3, -0.25) is 9.48 Å². The number of hydrogen-bond acceptors (Lipinski definition) is 4. The standard InChI is InChI=1S/C20H26F2N6O/c1-7-27-14(5)16(12(3)24-27)9-26(6)17(29)10-28-20-18(13(4)25-28)15(19(21)22)8-11(2)23-20/h8,19H,7,9-10H2,1-6H3. The number of halogens is 2. The third kappa shape index (κ3) is 3.86. The van der Waals surface area contributed by atoms with E-state index < -0.39 is 6.43 Å². The second kappa shape index (κ2) is 7.88. The highest BCUT2D eigenvalue weighted by Gasteiger charge is 2.22. The molecule has 0 N–H and O–H groups in total. The minimum absolute atomic E-state index is 0.0695. The van der Waals surface area contributed by atoms with Gasteiger partial charge in [-0.15, -0.1) is 0 Å². The number of amides is 1. The molecule has 0 unspecified atom stereocenters. The number of carbonyl (C=O) groups excluding carboxylic acids is 1. The minimum atomic E-state index is -2.63. The highest BCUT2D eigenvalue weighted by Crippen LogP contribution is 2.30. The number of fused-ring (bicyclic) bond motifs is 1. The summed E-state index contributed by atoms with van der Waals surface area (Å²) in [5.74, 6) is -0.181. The van der Waals surface area contributed by atoms with Gasteiger partial charge in [0.25, 0.3) is 6.43 Å². The number of aromatic nitrogens is 5. The van der Waals surface area contributed by atoms with Gasteiger partial charge >= 0.3 is 0 Å². The molecule has 0 atom stereocenters. The molecular formula is C20H26F2N6O. The lowest BCUT2D eigenvalue weighted by molar-refractivity contribution is -0.131. The Bertz CT molecular complexity index is 1070. The summed E-state index contributed by atoms with van der Waals surface area (Å²) in [5, 5.41) is 9.11. The lowest BCUT2D eigenvalue weighted by atomic mass is 10.1. The molecule has 0 aliphatic carbocycles. The molecule has 7 nitrogen and oxygen atoms in total. The van der Waals surface area contributed by atoms with E-state index in [0.717, 1.165) is 23.5 Å². The van der Waals surface area contributed by atoms with Gasteiger partial charge in [-0.05, 0) is 40.7 Å². The molecule has 29 heavy (non-hydrogen) atoms. The number of likely N-dealkylation sites (N-methyl/N-ethyl adjacent to an activating group) is 1. The quantitative estimate of drug-likeness (QED) is 0.631. The van der Waals surface area contributed by atoms with Crippen LogP contribution in [0.3, 0.4) is 0 Å². The summed E-state index contributed by atoms with van der Waals surface area (Å²) in [4.78, 5) is 18.8. The van der Waals surface area contributed by atoms with Crippen molar-refractivity contribution in [3.63, 3.8) is 0 Å². The van der Waals surface area contributed by atoms with E-state index in [-0.39, 0.29) is 18.0 Å². The van der Waals surface area contributed by atoms with Crippen molar-refractivity contribution < 1.29 is 13.6 Å². The molecule has 9 heteroatoms. The van der Waals surface area contributed by atoms with Crippen LogP contribution in [0.15, 0.2) is 6.07 Å². The van der Waals surface area contributed by atoms with Crippen molar-refractivity contribution in [2.75, 3.05) is 7.05 Å². The molecule has 0 fully saturated rings. The molecule has 0 saturated heterocycles. The molecule has 0 aliphatic heterocycles. The Morgan fingerprint density at radius 1 is 1.14 bits per heavy atom. The summed E-state index contributed by atoms with van der Waals surface area (Å²) in [7, 11) is 1.71. The molecule has 1 amide bonds. The average Bonchev–Trinajstić information content (AvgIpc) is 3.11. The van der Waals surface area contributed by atoms with Crippen LogP contribution in [0, 0.1) is 27.7 Å². The highest BCUT2D eigenvalue weighted by atomic mass is 19.3. The number of pyridine rings is 1. The van der Waals surface area contributed by atoms with Gasteiger partial charge < -0.3 is 4.90 Å². The van der Waals surface area contributed by atoms with Crippen molar-refractivity contribution >= 4 is 16.9 Å². The van der Waals surface area contributed by atoms with Crippen LogP contribution < -0.4 is 0 Å². The highest BCUT2D eigenvalue weighted by molar-refractivity contribution is 5.84. The summed E-state index contributed by atoms with van der Waals surface area (Å²) in [6.07, 6.45) is -2.63. The van der Waals surface area contributed by atoms with Crippen LogP contribution >= 0.6 is 0 Å². The van der Waals surface area contributed by atoms with Gasteiger partial charge in [0.15, 0.2) is 5.65 Å². The fourth-order valence-electron chi connectivity index (χ4n) is 3.64. The molecular weight excluding hydrogens is 378 g/mol. The van der Waals surface area contributed by atoms with E-state index in [1.807, 2.05) is 25.5 Å². The van der Waals surface area contributed by atoms with E-state index in [9.17, 15) is 13.6 Å². The fraction of sp³-hybridized carbons (Fsp3) is 0.500. The summed E-state index contributed by atoms with van der Waals surface area (Å²) in [5.41, 5.74) is 4.05. The molecule has 3 heterocycles. The van der Waals surface area contributed by atoms with Crippen LogP contribution in [0.25, 0.3) is 11.0 Å². The van der Waals surface area contributed by atoms with Crippen molar-refractivity contribution in [2.45, 2.75) is 60.7 Å². The van der Waals surface area contributed by atoms with Crippen LogP contribution in [0.2, 0.25) is 0 Å². The normalized spacial score (nSPS) is 11.6. The van der Waals surface area contributed by atoms with Crippen molar-refractivity contribution in [1.29, 1.82) is 0 Å². The maximum atomic E-state index is 13.5. The lowest BCUT2D eigenvalue weighted by Crippen LogP contribution is -2.30. The van der Waals surface area contributed by atoms with Crippen molar-refractivity contribution in [1.82, 2.24) is 29.4 Å². The van der Waals surface area contributed by atoms with Gasteiger partial charge in [-0.2, -0.15) is 10.2 Å². The van der Waals surface area contributed by atoms with Gasteiger partial charge in [0.2, 0.25) is 5.91 Å². The smallest absolute Gasteiger partial charge is 0.264 e. The Balaban J connectivity index is 1.87. The molecule has 0 radical (unpaired) electrons. The van der Waals surface area contributed by atoms with Crippen molar-refractivity contribution in [3.8, 4) is 0 Å². The van der Waals surface area contributed by atoms with E-state index in [1.54, 1.807) is 25.8 Å². The van der Waals surface area contributed by atoms with Gasteiger partial charge in [-0.25, -0.2) is 18.4 Å². The largest absolute Gasteiger partial charge is 0.340 e. The summed E-state index contributed by atoms with van der Waals surface area (Å²) in [6, 6.07) is 1.37. The number of rotatable bonds is 6. The predicted octanol–water partition coefficient (Wildman–Crippen LogP) is 3.48. The van der Waals surface area contributed by atoms with E-state index in [0.29, 0.717) is 29.0 Å². The van der Waals surface area contributed by atoms with Crippen LogP contribution in [-0.2, 0) is 24.4 Å². The summed E-state index contributed by atoms with van der Waals surface area (Å²) < 4.78 is 30.2. The Morgan fingerprint density at radius 3 is 2.38 bits per heavy atom. The number of aryl methyl sites for hydroxylation is 4. The monoisotopic (exact) mass is 404 g/mol. The van der Waals surface area contributed by atoms with E-state index in [4.69, 9.17) is 0 Å². The van der Waals surface area contributed by atoms with Gasteiger partial charge in [0.05, 0.1) is 16.8 Å². The number of carbonyl (C=O) groups is 1. The summed E-state index contributed by atoms with van der Waals surface area (Å²) >= 11 is 0. The zero-order chi connectivity index (χ0) is 21.5. The molecule has 156 valence electrons. The third-order valence-corrected chi connectivity index (χ3v) is 5.21. The lowest BCUT2D eigenvalue weighted by Gasteiger charge is -2.18. The van der Waals surface area contributed by atoms with Crippen molar-refractivity contribution in [3.05, 3.63) is 40.0 Å². The molecule has 3 rings (SSSR count). The first kappa shape index (κ1) is 20.9. The fourth-order valence-corrected chi connectivity index (χ4v) is 3.64. The van der Waals surface area contributed by atoms with Crippen LogP contribution in [-0.4, -0.2) is 42.4 Å². The SMILES string of the molecule is CCn1nc(C)c(CN(C)C(=O)Cn2nc(C)c3c(C(F)F)cc(C)nc32)c1C. The molecule has 0 aromatic carbocycles. The first-order chi connectivity index (χ1) is 13.6. The molecule has 0 spiro atoms. The van der Waals surface area contributed by atoms with E-state index in [1.165, 1.54) is 10.7 Å². The summed E-state index contributed by atoms with van der Waals surface area (Å²) in [6.45, 7) is 10.4. The predicted molar refractivity (Wildman–Crippen MR) is 106 cm³/mol. The third-order valence-electron chi connectivity index (χ3n) is 5.21. The zero-order valence-electron chi connectivity index (χ0n) is 17.6. The molecule has 3 aromatic rings. The van der Waals surface area contributed by atoms with E-state index in [2.05, 4.69) is 15.2 Å². The minimum Gasteiger partial charge on any atom is -0.340 e. The van der Waals surface area contributed by atoms with Crippen LogP contribution in [0.1, 0.15) is 47.3 Å². The number of nitrogens with zero attached hydrogens (tertiary/aromatic N) is 6. The Kier molecular flexibility index (Phi) is 5.68. The maximum absolute atomic E-state index is 13.5. The van der Waals surface area contributed by atoms with Gasteiger partial charge in [0.1, 0.15) is 6.54 Å². The maximum Gasteiger partial charge on any atom is 0.264 e. The van der Waals surface area contributed by atoms with E-state index >= 15 is 0 Å². The average molecular weight is 404 g/mol. The number of alkyl halides is 2. The second-order valence-electron chi connectivity index (χ2n) is 7.31. The van der Waals surface area contributed by atoms with Crippen LogP contribution in [0.5, 0.6) is 0 Å². The molecule has 0 aliphatic rings. The first-order valence-electron chi connectivity index (χ1n) is 9.53. The second-order valence-corrected chi connectivity index (χ2v) is 7.31. The molecule has 3 aromatic heterocycles. The number of hydrogen-bond donors (Lipinski definition) is 0.